The third-order valence-corrected chi connectivity index (χ3v) is 5.09. The first-order chi connectivity index (χ1) is 17.1. The summed E-state index contributed by atoms with van der Waals surface area (Å²) in [5, 5.41) is 9.67. The van der Waals surface area contributed by atoms with Crippen LogP contribution in [0.3, 0.4) is 0 Å². The third-order valence-electron chi connectivity index (χ3n) is 5.09. The Kier molecular flexibility index (Phi) is 7.62. The first-order valence-electron chi connectivity index (χ1n) is 11.3. The van der Waals surface area contributed by atoms with Crippen molar-refractivity contribution in [3.8, 4) is 28.5 Å². The van der Waals surface area contributed by atoms with E-state index in [1.165, 1.54) is 12.1 Å². The van der Waals surface area contributed by atoms with E-state index in [0.717, 1.165) is 5.56 Å². The minimum absolute atomic E-state index is 0.297. The highest BCUT2D eigenvalue weighted by atomic mass is 19.1. The lowest BCUT2D eigenvalue weighted by atomic mass is 10.1. The van der Waals surface area contributed by atoms with Crippen LogP contribution in [-0.2, 0) is 6.61 Å². The second-order valence-corrected chi connectivity index (χ2v) is 7.59. The minimum Gasteiger partial charge on any atom is -0.490 e. The van der Waals surface area contributed by atoms with Crippen LogP contribution in [0.5, 0.6) is 17.2 Å². The van der Waals surface area contributed by atoms with Gasteiger partial charge in [0.25, 0.3) is 5.91 Å². The van der Waals surface area contributed by atoms with Crippen LogP contribution in [0.15, 0.2) is 72.8 Å². The zero-order valence-electron chi connectivity index (χ0n) is 19.5. The number of nitrogens with zero attached hydrogens (tertiary/aromatic N) is 1. The molecule has 0 fully saturated rings. The smallest absolute Gasteiger partial charge is 0.273 e. The van der Waals surface area contributed by atoms with Crippen LogP contribution < -0.4 is 19.5 Å². The number of aromatic nitrogens is 2. The van der Waals surface area contributed by atoms with E-state index in [2.05, 4.69) is 15.5 Å². The Morgan fingerprint density at radius 1 is 0.886 bits per heavy atom. The summed E-state index contributed by atoms with van der Waals surface area (Å²) in [7, 11) is 0. The van der Waals surface area contributed by atoms with Gasteiger partial charge in [-0.05, 0) is 86.1 Å². The van der Waals surface area contributed by atoms with Gasteiger partial charge in [0, 0.05) is 11.3 Å². The molecule has 8 heteroatoms. The molecule has 2 N–H and O–H groups in total. The number of ether oxygens (including phenoxy) is 3. The van der Waals surface area contributed by atoms with Crippen molar-refractivity contribution >= 4 is 11.6 Å². The van der Waals surface area contributed by atoms with Gasteiger partial charge in [-0.25, -0.2) is 4.39 Å². The van der Waals surface area contributed by atoms with Gasteiger partial charge in [-0.2, -0.15) is 5.10 Å². The lowest BCUT2D eigenvalue weighted by Gasteiger charge is -2.13. The standard InChI is InChI=1S/C27H26FN3O4/c1-3-33-25-14-5-18(15-26(25)34-4-2)17-35-22-12-10-21(11-13-22)29-27(32)24-16-23(30-31-24)19-6-8-20(28)9-7-19/h5-16H,3-4,17H2,1-2H3,(H,29,32)(H,30,31). The zero-order chi connectivity index (χ0) is 24.6. The van der Waals surface area contributed by atoms with Crippen molar-refractivity contribution in [2.45, 2.75) is 20.5 Å². The summed E-state index contributed by atoms with van der Waals surface area (Å²) in [6, 6.07) is 20.3. The molecule has 0 atom stereocenters. The van der Waals surface area contributed by atoms with Crippen LogP contribution in [0.4, 0.5) is 10.1 Å². The third kappa shape index (κ3) is 6.17. The molecule has 0 aliphatic heterocycles. The van der Waals surface area contributed by atoms with E-state index in [1.807, 2.05) is 32.0 Å². The van der Waals surface area contributed by atoms with Gasteiger partial charge >= 0.3 is 0 Å². The molecule has 7 nitrogen and oxygen atoms in total. The summed E-state index contributed by atoms with van der Waals surface area (Å²) in [6.45, 7) is 5.33. The number of hydrogen-bond acceptors (Lipinski definition) is 5. The summed E-state index contributed by atoms with van der Waals surface area (Å²) in [5.41, 5.74) is 3.13. The van der Waals surface area contributed by atoms with Crippen LogP contribution in [0.1, 0.15) is 29.9 Å². The normalized spacial score (nSPS) is 10.6. The maximum atomic E-state index is 13.1. The number of benzene rings is 3. The topological polar surface area (TPSA) is 85.5 Å². The number of hydrogen-bond donors (Lipinski definition) is 2. The molecule has 35 heavy (non-hydrogen) atoms. The Labute approximate surface area is 202 Å². The SMILES string of the molecule is CCOc1ccc(COc2ccc(NC(=O)c3cc(-c4ccc(F)cc4)n[nH]3)cc2)cc1OCC. The molecule has 1 amide bonds. The summed E-state index contributed by atoms with van der Waals surface area (Å²) in [6.07, 6.45) is 0. The van der Waals surface area contributed by atoms with Crippen molar-refractivity contribution < 1.29 is 23.4 Å². The molecule has 1 heterocycles. The van der Waals surface area contributed by atoms with Crippen molar-refractivity contribution in [1.29, 1.82) is 0 Å². The van der Waals surface area contributed by atoms with E-state index in [4.69, 9.17) is 14.2 Å². The second kappa shape index (κ2) is 11.2. The van der Waals surface area contributed by atoms with Gasteiger partial charge in [0.2, 0.25) is 0 Å². The highest BCUT2D eigenvalue weighted by molar-refractivity contribution is 6.03. The molecule has 0 unspecified atom stereocenters. The Morgan fingerprint density at radius 2 is 1.60 bits per heavy atom. The molecule has 4 rings (SSSR count). The number of H-pyrrole nitrogens is 1. The van der Waals surface area contributed by atoms with Crippen molar-refractivity contribution in [2.24, 2.45) is 0 Å². The Morgan fingerprint density at radius 3 is 2.31 bits per heavy atom. The number of anilines is 1. The van der Waals surface area contributed by atoms with Crippen LogP contribution >= 0.6 is 0 Å². The maximum absolute atomic E-state index is 13.1. The average Bonchev–Trinajstić information content (AvgIpc) is 3.36. The van der Waals surface area contributed by atoms with Crippen LogP contribution in [0, 0.1) is 5.82 Å². The average molecular weight is 476 g/mol. The Hall–Kier alpha value is -4.33. The fourth-order valence-electron chi connectivity index (χ4n) is 3.39. The lowest BCUT2D eigenvalue weighted by molar-refractivity contribution is 0.102. The summed E-state index contributed by atoms with van der Waals surface area (Å²) >= 11 is 0. The van der Waals surface area contributed by atoms with E-state index in [9.17, 15) is 9.18 Å². The first kappa shape index (κ1) is 23.8. The molecule has 4 aromatic rings. The molecule has 0 radical (unpaired) electrons. The number of aromatic amines is 1. The zero-order valence-corrected chi connectivity index (χ0v) is 19.5. The predicted molar refractivity (Wildman–Crippen MR) is 131 cm³/mol. The number of nitrogens with one attached hydrogen (secondary N) is 2. The molecule has 3 aromatic carbocycles. The largest absolute Gasteiger partial charge is 0.490 e. The van der Waals surface area contributed by atoms with Crippen LogP contribution in [0.2, 0.25) is 0 Å². The predicted octanol–water partition coefficient (Wildman–Crippen LogP) is 5.84. The van der Waals surface area contributed by atoms with Gasteiger partial charge in [-0.1, -0.05) is 6.07 Å². The Bertz CT molecular complexity index is 1270. The monoisotopic (exact) mass is 475 g/mol. The maximum Gasteiger partial charge on any atom is 0.273 e. The number of carbonyl (C=O) groups is 1. The molecule has 0 saturated carbocycles. The number of halogens is 1. The van der Waals surface area contributed by atoms with Crippen LogP contribution in [0.25, 0.3) is 11.3 Å². The summed E-state index contributed by atoms with van der Waals surface area (Å²) in [5.74, 6) is 1.40. The molecule has 180 valence electrons. The molecular weight excluding hydrogens is 449 g/mol. The Balaban J connectivity index is 1.34. The quantitative estimate of drug-likeness (QED) is 0.301. The van der Waals surface area contributed by atoms with Crippen molar-refractivity contribution in [3.05, 3.63) is 89.9 Å². The first-order valence-corrected chi connectivity index (χ1v) is 11.3. The molecule has 0 saturated heterocycles. The number of carbonyl (C=O) groups excluding carboxylic acids is 1. The second-order valence-electron chi connectivity index (χ2n) is 7.59. The number of amides is 1. The summed E-state index contributed by atoms with van der Waals surface area (Å²) in [4.78, 5) is 12.6. The minimum atomic E-state index is -0.336. The summed E-state index contributed by atoms with van der Waals surface area (Å²) < 4.78 is 30.2. The van der Waals surface area contributed by atoms with Gasteiger partial charge in [-0.3, -0.25) is 9.89 Å². The molecule has 0 aliphatic carbocycles. The van der Waals surface area contributed by atoms with E-state index >= 15 is 0 Å². The molecular formula is C27H26FN3O4. The molecule has 0 aliphatic rings. The molecule has 1 aromatic heterocycles. The highest BCUT2D eigenvalue weighted by Gasteiger charge is 2.12. The molecule has 0 spiro atoms. The van der Waals surface area contributed by atoms with E-state index in [1.54, 1.807) is 42.5 Å². The van der Waals surface area contributed by atoms with Crippen molar-refractivity contribution in [3.63, 3.8) is 0 Å². The number of rotatable bonds is 10. The fraction of sp³-hybridized carbons (Fsp3) is 0.185. The van der Waals surface area contributed by atoms with Crippen molar-refractivity contribution in [1.82, 2.24) is 10.2 Å². The highest BCUT2D eigenvalue weighted by Crippen LogP contribution is 2.29. The van der Waals surface area contributed by atoms with Gasteiger partial charge in [0.05, 0.1) is 18.9 Å². The van der Waals surface area contributed by atoms with Gasteiger partial charge < -0.3 is 19.5 Å². The van der Waals surface area contributed by atoms with E-state index < -0.39 is 0 Å². The van der Waals surface area contributed by atoms with E-state index in [0.29, 0.717) is 59.7 Å². The van der Waals surface area contributed by atoms with Gasteiger partial charge in [0.1, 0.15) is 23.9 Å². The van der Waals surface area contributed by atoms with E-state index in [-0.39, 0.29) is 11.7 Å². The molecule has 0 bridgehead atoms. The van der Waals surface area contributed by atoms with Crippen LogP contribution in [-0.4, -0.2) is 29.3 Å². The fourth-order valence-corrected chi connectivity index (χ4v) is 3.39. The van der Waals surface area contributed by atoms with Gasteiger partial charge in [-0.15, -0.1) is 0 Å². The van der Waals surface area contributed by atoms with Gasteiger partial charge in [0.15, 0.2) is 11.5 Å². The van der Waals surface area contributed by atoms with Crippen molar-refractivity contribution in [2.75, 3.05) is 18.5 Å². The lowest BCUT2D eigenvalue weighted by Crippen LogP contribution is -2.12.